The highest BCUT2D eigenvalue weighted by molar-refractivity contribution is 5.73. The minimum absolute atomic E-state index is 0.134. The zero-order valence-electron chi connectivity index (χ0n) is 10.9. The predicted octanol–water partition coefficient (Wildman–Crippen LogP) is 2.56. The third kappa shape index (κ3) is 3.22. The number of piperidine rings is 1. The Morgan fingerprint density at radius 3 is 2.56 bits per heavy atom. The van der Waals surface area contributed by atoms with Crippen molar-refractivity contribution in [3.63, 3.8) is 0 Å². The van der Waals surface area contributed by atoms with Crippen molar-refractivity contribution in [1.29, 1.82) is 0 Å². The second kappa shape index (κ2) is 5.38. The maximum atomic E-state index is 13.3. The van der Waals surface area contributed by atoms with Gasteiger partial charge in [-0.05, 0) is 43.5 Å². The van der Waals surface area contributed by atoms with Crippen LogP contribution in [0, 0.1) is 12.7 Å². The van der Waals surface area contributed by atoms with Crippen LogP contribution in [0.4, 0.5) is 10.1 Å². The third-order valence-electron chi connectivity index (χ3n) is 3.35. The molecule has 2 rings (SSSR count). The second-order valence-electron chi connectivity index (χ2n) is 4.94. The highest BCUT2D eigenvalue weighted by atomic mass is 19.1. The van der Waals surface area contributed by atoms with Crippen LogP contribution in [0.2, 0.25) is 0 Å². The fraction of sp³-hybridized carbons (Fsp3) is 0.500. The van der Waals surface area contributed by atoms with Crippen LogP contribution in [0.5, 0.6) is 0 Å². The smallest absolute Gasteiger partial charge is 0.219 e. The van der Waals surface area contributed by atoms with E-state index in [2.05, 4.69) is 5.32 Å². The van der Waals surface area contributed by atoms with Gasteiger partial charge in [0.2, 0.25) is 5.91 Å². The van der Waals surface area contributed by atoms with Gasteiger partial charge in [0.25, 0.3) is 0 Å². The van der Waals surface area contributed by atoms with Crippen molar-refractivity contribution < 1.29 is 9.18 Å². The molecule has 1 fully saturated rings. The summed E-state index contributed by atoms with van der Waals surface area (Å²) in [5.74, 6) is -0.0753. The number of rotatable bonds is 2. The lowest BCUT2D eigenvalue weighted by atomic mass is 10.0. The first-order valence-electron chi connectivity index (χ1n) is 6.34. The van der Waals surface area contributed by atoms with Gasteiger partial charge in [-0.25, -0.2) is 4.39 Å². The molecule has 1 N–H and O–H groups in total. The number of benzene rings is 1. The molecule has 1 saturated heterocycles. The largest absolute Gasteiger partial charge is 0.382 e. The molecule has 1 aromatic carbocycles. The van der Waals surface area contributed by atoms with Crippen LogP contribution in [-0.2, 0) is 4.79 Å². The van der Waals surface area contributed by atoms with Gasteiger partial charge >= 0.3 is 0 Å². The van der Waals surface area contributed by atoms with Crippen LogP contribution in [0.1, 0.15) is 25.3 Å². The molecule has 3 nitrogen and oxygen atoms in total. The van der Waals surface area contributed by atoms with Crippen molar-refractivity contribution in [2.45, 2.75) is 32.7 Å². The number of hydrogen-bond acceptors (Lipinski definition) is 2. The molecule has 0 unspecified atom stereocenters. The summed E-state index contributed by atoms with van der Waals surface area (Å²) in [5, 5.41) is 3.34. The van der Waals surface area contributed by atoms with Crippen LogP contribution < -0.4 is 5.32 Å². The number of amides is 1. The summed E-state index contributed by atoms with van der Waals surface area (Å²) < 4.78 is 13.3. The number of hydrogen-bond donors (Lipinski definition) is 1. The molecule has 18 heavy (non-hydrogen) atoms. The minimum atomic E-state index is -0.210. The van der Waals surface area contributed by atoms with Gasteiger partial charge < -0.3 is 10.2 Å². The van der Waals surface area contributed by atoms with Gasteiger partial charge in [-0.2, -0.15) is 0 Å². The number of aryl methyl sites for hydroxylation is 1. The van der Waals surface area contributed by atoms with Crippen LogP contribution >= 0.6 is 0 Å². The Morgan fingerprint density at radius 2 is 2.00 bits per heavy atom. The normalized spacial score (nSPS) is 16.7. The monoisotopic (exact) mass is 250 g/mol. The molecule has 0 bridgehead atoms. The highest BCUT2D eigenvalue weighted by Gasteiger charge is 2.20. The second-order valence-corrected chi connectivity index (χ2v) is 4.94. The van der Waals surface area contributed by atoms with Crippen LogP contribution in [-0.4, -0.2) is 29.9 Å². The molecule has 1 heterocycles. The van der Waals surface area contributed by atoms with E-state index < -0.39 is 0 Å². The van der Waals surface area contributed by atoms with Crippen LogP contribution in [0.3, 0.4) is 0 Å². The number of carbonyl (C=O) groups is 1. The Balaban J connectivity index is 1.93. The Bertz CT molecular complexity index is 419. The van der Waals surface area contributed by atoms with Gasteiger partial charge in [0.05, 0.1) is 0 Å². The van der Waals surface area contributed by atoms with Gasteiger partial charge in [-0.3, -0.25) is 4.79 Å². The van der Waals surface area contributed by atoms with Gasteiger partial charge in [-0.1, -0.05) is 0 Å². The van der Waals surface area contributed by atoms with E-state index in [9.17, 15) is 9.18 Å². The molecule has 4 heteroatoms. The number of carbonyl (C=O) groups excluding carboxylic acids is 1. The molecule has 0 atom stereocenters. The van der Waals surface area contributed by atoms with Gasteiger partial charge in [-0.15, -0.1) is 0 Å². The van der Waals surface area contributed by atoms with E-state index in [1.165, 1.54) is 12.1 Å². The summed E-state index contributed by atoms with van der Waals surface area (Å²) in [4.78, 5) is 13.1. The molecular formula is C14H19FN2O. The first-order valence-corrected chi connectivity index (χ1v) is 6.34. The SMILES string of the molecule is CC(=O)N1CCC(Nc2cc(C)cc(F)c2)CC1. The zero-order chi connectivity index (χ0) is 13.1. The van der Waals surface area contributed by atoms with Crippen molar-refractivity contribution in [2.24, 2.45) is 0 Å². The first-order chi connectivity index (χ1) is 8.54. The molecule has 1 aliphatic rings. The van der Waals surface area contributed by atoms with Gasteiger partial charge in [0, 0.05) is 31.7 Å². The quantitative estimate of drug-likeness (QED) is 0.875. The molecule has 1 amide bonds. The van der Waals surface area contributed by atoms with Crippen molar-refractivity contribution in [3.05, 3.63) is 29.6 Å². The maximum absolute atomic E-state index is 13.3. The Hall–Kier alpha value is -1.58. The number of halogens is 1. The van der Waals surface area contributed by atoms with Crippen LogP contribution in [0.15, 0.2) is 18.2 Å². The highest BCUT2D eigenvalue weighted by Crippen LogP contribution is 2.19. The van der Waals surface area contributed by atoms with Crippen molar-refractivity contribution in [1.82, 2.24) is 4.90 Å². The molecule has 0 radical (unpaired) electrons. The molecule has 0 aromatic heterocycles. The average Bonchev–Trinajstić information content (AvgIpc) is 2.28. The Kier molecular flexibility index (Phi) is 3.84. The lowest BCUT2D eigenvalue weighted by Gasteiger charge is -2.32. The van der Waals surface area contributed by atoms with Gasteiger partial charge in [0.1, 0.15) is 5.82 Å². The van der Waals surface area contributed by atoms with Crippen molar-refractivity contribution in [2.75, 3.05) is 18.4 Å². The number of anilines is 1. The lowest BCUT2D eigenvalue weighted by Crippen LogP contribution is -2.41. The van der Waals surface area contributed by atoms with E-state index in [-0.39, 0.29) is 11.7 Å². The van der Waals surface area contributed by atoms with E-state index in [1.54, 1.807) is 6.92 Å². The minimum Gasteiger partial charge on any atom is -0.382 e. The van der Waals surface area contributed by atoms with E-state index in [4.69, 9.17) is 0 Å². The van der Waals surface area contributed by atoms with E-state index in [1.807, 2.05) is 17.9 Å². The fourth-order valence-corrected chi connectivity index (χ4v) is 2.39. The topological polar surface area (TPSA) is 32.3 Å². The summed E-state index contributed by atoms with van der Waals surface area (Å²) in [6, 6.07) is 5.30. The summed E-state index contributed by atoms with van der Waals surface area (Å²) >= 11 is 0. The standard InChI is InChI=1S/C14H19FN2O/c1-10-7-12(15)9-14(8-10)16-13-3-5-17(6-4-13)11(2)18/h7-9,13,16H,3-6H2,1-2H3. The first kappa shape index (κ1) is 12.9. The molecular weight excluding hydrogens is 231 g/mol. The molecule has 0 saturated carbocycles. The van der Waals surface area contributed by atoms with Crippen molar-refractivity contribution in [3.8, 4) is 0 Å². The van der Waals surface area contributed by atoms with E-state index in [0.717, 1.165) is 37.2 Å². The fourth-order valence-electron chi connectivity index (χ4n) is 2.39. The van der Waals surface area contributed by atoms with E-state index >= 15 is 0 Å². The summed E-state index contributed by atoms with van der Waals surface area (Å²) in [7, 11) is 0. The predicted molar refractivity (Wildman–Crippen MR) is 70.0 cm³/mol. The Morgan fingerprint density at radius 1 is 1.33 bits per heavy atom. The van der Waals surface area contributed by atoms with E-state index in [0.29, 0.717) is 6.04 Å². The molecule has 1 aliphatic heterocycles. The van der Waals surface area contributed by atoms with Gasteiger partial charge in [0.15, 0.2) is 0 Å². The molecule has 0 spiro atoms. The summed E-state index contributed by atoms with van der Waals surface area (Å²) in [6.45, 7) is 5.04. The number of likely N-dealkylation sites (tertiary alicyclic amines) is 1. The number of nitrogens with one attached hydrogen (secondary N) is 1. The average molecular weight is 250 g/mol. The summed E-state index contributed by atoms with van der Waals surface area (Å²) in [6.07, 6.45) is 1.82. The maximum Gasteiger partial charge on any atom is 0.219 e. The third-order valence-corrected chi connectivity index (χ3v) is 3.35. The zero-order valence-corrected chi connectivity index (χ0v) is 10.9. The van der Waals surface area contributed by atoms with Crippen LogP contribution in [0.25, 0.3) is 0 Å². The summed E-state index contributed by atoms with van der Waals surface area (Å²) in [5.41, 5.74) is 1.74. The lowest BCUT2D eigenvalue weighted by molar-refractivity contribution is -0.129. The molecule has 98 valence electrons. The molecule has 0 aliphatic carbocycles. The molecule has 1 aromatic rings. The van der Waals surface area contributed by atoms with Crippen molar-refractivity contribution >= 4 is 11.6 Å². The number of nitrogens with zero attached hydrogens (tertiary/aromatic N) is 1. The Labute approximate surface area is 107 Å².